The summed E-state index contributed by atoms with van der Waals surface area (Å²) in [5.41, 5.74) is 7.08. The summed E-state index contributed by atoms with van der Waals surface area (Å²) in [4.78, 5) is 7.01. The van der Waals surface area contributed by atoms with Crippen LogP contribution in [0.25, 0.3) is 0 Å². The van der Waals surface area contributed by atoms with Gasteiger partial charge < -0.3 is 4.84 Å². The molecule has 190 valence electrons. The molecule has 0 radical (unpaired) electrons. The van der Waals surface area contributed by atoms with E-state index in [1.807, 2.05) is 0 Å². The number of hydrogen-bond donors (Lipinski definition) is 0. The first-order valence-electron chi connectivity index (χ1n) is 12.8. The average molecular weight is 502 g/mol. The second kappa shape index (κ2) is 8.42. The minimum atomic E-state index is -0.722. The maximum Gasteiger partial charge on any atom is 0.188 e. The van der Waals surface area contributed by atoms with Gasteiger partial charge in [0.05, 0.1) is 0 Å². The van der Waals surface area contributed by atoms with Crippen LogP contribution < -0.4 is 0 Å². The zero-order valence-electron chi connectivity index (χ0n) is 24.6. The Morgan fingerprint density at radius 1 is 0.824 bits per heavy atom. The predicted molar refractivity (Wildman–Crippen MR) is 155 cm³/mol. The third-order valence-corrected chi connectivity index (χ3v) is 16.1. The molecule has 1 aromatic rings. The van der Waals surface area contributed by atoms with Gasteiger partial charge in [-0.05, 0) is 61.1 Å². The van der Waals surface area contributed by atoms with Crippen LogP contribution in [-0.2, 0) is 4.84 Å². The molecule has 0 saturated heterocycles. The third-order valence-electron chi connectivity index (χ3n) is 7.16. The first kappa shape index (κ1) is 27.9. The van der Waals surface area contributed by atoms with Gasteiger partial charge >= 0.3 is 0 Å². The summed E-state index contributed by atoms with van der Waals surface area (Å²) in [5, 5.41) is 6.52. The first-order valence-corrected chi connectivity index (χ1v) is 15.6. The van der Waals surface area contributed by atoms with Crippen molar-refractivity contribution in [1.29, 1.82) is 0 Å². The maximum absolute atomic E-state index is 7.01. The molecule has 0 bridgehead atoms. The van der Waals surface area contributed by atoms with Crippen LogP contribution in [0.5, 0.6) is 0 Å². The predicted octanol–water partition coefficient (Wildman–Crippen LogP) is 10.1. The number of oxime groups is 1. The summed E-state index contributed by atoms with van der Waals surface area (Å²) in [5.74, 6) is 0. The highest BCUT2D eigenvalue weighted by atomic mass is 31.2. The quantitative estimate of drug-likeness (QED) is 0.351. The van der Waals surface area contributed by atoms with Crippen LogP contribution in [0.3, 0.4) is 0 Å². The Balaban J connectivity index is 2.46. The molecule has 4 unspecified atom stereocenters. The topological polar surface area (TPSA) is 21.6 Å². The van der Waals surface area contributed by atoms with Crippen molar-refractivity contribution in [2.24, 2.45) is 21.4 Å². The van der Waals surface area contributed by atoms with Crippen LogP contribution in [0.4, 0.5) is 0 Å². The molecule has 34 heavy (non-hydrogen) atoms. The Kier molecular flexibility index (Phi) is 6.90. The number of allylic oxidation sites excluding steroid dienone is 2. The number of nitrogens with zero attached hydrogens (tertiary/aromatic N) is 1. The van der Waals surface area contributed by atoms with E-state index in [-0.39, 0.29) is 26.5 Å². The van der Waals surface area contributed by atoms with E-state index in [1.165, 1.54) is 27.7 Å². The molecule has 3 rings (SSSR count). The SMILES string of the molecule is Cc1cc(C)c(C2=NOC3(C(C)(C)C)P2C(C(C)(C)C)C=C(C(C)(C)C)P3C(C)(C)C)c(C)c1. The Morgan fingerprint density at radius 3 is 1.71 bits per heavy atom. The number of hydrogen-bond acceptors (Lipinski definition) is 2. The lowest BCUT2D eigenvalue weighted by Gasteiger charge is -2.60. The van der Waals surface area contributed by atoms with E-state index >= 15 is 0 Å². The summed E-state index contributed by atoms with van der Waals surface area (Å²) >= 11 is 0. The van der Waals surface area contributed by atoms with Crippen LogP contribution >= 0.6 is 15.8 Å². The second-order valence-electron chi connectivity index (χ2n) is 14.6. The Hall–Kier alpha value is -0.710. The van der Waals surface area contributed by atoms with E-state index in [4.69, 9.17) is 9.99 Å². The molecule has 4 atom stereocenters. The fourth-order valence-electron chi connectivity index (χ4n) is 5.84. The molecule has 0 aliphatic carbocycles. The fourth-order valence-corrected chi connectivity index (χ4v) is 16.0. The van der Waals surface area contributed by atoms with E-state index in [1.54, 1.807) is 5.31 Å². The lowest BCUT2D eigenvalue weighted by molar-refractivity contribution is 0.0184. The van der Waals surface area contributed by atoms with Gasteiger partial charge in [-0.25, -0.2) is 0 Å². The van der Waals surface area contributed by atoms with E-state index in [9.17, 15) is 0 Å². The van der Waals surface area contributed by atoms with Crippen molar-refractivity contribution in [1.82, 2.24) is 0 Å². The monoisotopic (exact) mass is 501 g/mol. The largest absolute Gasteiger partial charge is 0.378 e. The molecule has 2 nitrogen and oxygen atoms in total. The van der Waals surface area contributed by atoms with Crippen LogP contribution in [-0.4, -0.2) is 21.4 Å². The van der Waals surface area contributed by atoms with Gasteiger partial charge in [0.25, 0.3) is 0 Å². The first-order chi connectivity index (χ1) is 15.1. The van der Waals surface area contributed by atoms with Gasteiger partial charge in [-0.3, -0.25) is 0 Å². The standard InChI is InChI=1S/C30H49NOP2/c1-19-16-20(2)24(21(3)17-19)25-31-32-30(28(10,11)12)33(25)22(26(4,5)6)18-23(27(7,8)9)34(30)29(13,14)15/h16-18,22H,1-15H3. The number of rotatable bonds is 1. The highest BCUT2D eigenvalue weighted by Crippen LogP contribution is 2.88. The number of benzene rings is 1. The van der Waals surface area contributed by atoms with Crippen molar-refractivity contribution < 1.29 is 4.84 Å². The maximum atomic E-state index is 7.01. The average Bonchev–Trinajstić information content (AvgIpc) is 2.97. The molecule has 0 spiro atoms. The zero-order chi connectivity index (χ0) is 26.2. The van der Waals surface area contributed by atoms with Crippen molar-refractivity contribution in [3.63, 3.8) is 0 Å². The highest BCUT2D eigenvalue weighted by molar-refractivity contribution is 7.90. The van der Waals surface area contributed by atoms with Crippen molar-refractivity contribution >= 4 is 21.3 Å². The van der Waals surface area contributed by atoms with Crippen molar-refractivity contribution in [2.75, 3.05) is 0 Å². The normalized spacial score (nSPS) is 28.3. The molecule has 0 N–H and O–H groups in total. The second-order valence-corrected chi connectivity index (χ2v) is 20.5. The number of fused-ring (bicyclic) bond motifs is 1. The molecule has 2 heterocycles. The minimum absolute atomic E-state index is 0.0519. The molecule has 0 saturated carbocycles. The summed E-state index contributed by atoms with van der Waals surface area (Å²) in [6.45, 7) is 35.6. The molecule has 1 aromatic carbocycles. The van der Waals surface area contributed by atoms with E-state index in [0.29, 0.717) is 5.66 Å². The Bertz CT molecular complexity index is 1000. The van der Waals surface area contributed by atoms with Gasteiger partial charge in [-0.15, -0.1) is 0 Å². The molecule has 0 fully saturated rings. The molecule has 2 aliphatic heterocycles. The van der Waals surface area contributed by atoms with E-state index in [0.717, 1.165) is 0 Å². The van der Waals surface area contributed by atoms with Crippen LogP contribution in [0, 0.1) is 37.0 Å². The van der Waals surface area contributed by atoms with E-state index in [2.05, 4.69) is 122 Å². The molecule has 2 aliphatic rings. The van der Waals surface area contributed by atoms with Gasteiger partial charge in [0.15, 0.2) is 5.08 Å². The van der Waals surface area contributed by atoms with Gasteiger partial charge in [-0.1, -0.05) is 112 Å². The zero-order valence-corrected chi connectivity index (χ0v) is 26.3. The summed E-state index contributed by atoms with van der Waals surface area (Å²) in [6, 6.07) is 4.63. The Morgan fingerprint density at radius 2 is 1.32 bits per heavy atom. The Labute approximate surface area is 212 Å². The van der Waals surface area contributed by atoms with E-state index < -0.39 is 15.8 Å². The highest BCUT2D eigenvalue weighted by Gasteiger charge is 2.69. The van der Waals surface area contributed by atoms with Gasteiger partial charge in [-0.2, -0.15) is 0 Å². The summed E-state index contributed by atoms with van der Waals surface area (Å²) in [7, 11) is -1.36. The molecule has 0 aromatic heterocycles. The van der Waals surface area contributed by atoms with Crippen molar-refractivity contribution in [3.05, 3.63) is 45.8 Å². The van der Waals surface area contributed by atoms with Crippen LogP contribution in [0.2, 0.25) is 0 Å². The molecule has 0 amide bonds. The lowest BCUT2D eigenvalue weighted by atomic mass is 9.88. The molecular formula is C30H49NOP2. The van der Waals surface area contributed by atoms with Crippen molar-refractivity contribution in [2.45, 2.75) is 120 Å². The fraction of sp³-hybridized carbons (Fsp3) is 0.700. The smallest absolute Gasteiger partial charge is 0.188 e. The van der Waals surface area contributed by atoms with Crippen LogP contribution in [0.15, 0.2) is 28.7 Å². The molecule has 4 heteroatoms. The number of aryl methyl sites for hydroxylation is 3. The lowest BCUT2D eigenvalue weighted by Crippen LogP contribution is -2.50. The van der Waals surface area contributed by atoms with Crippen molar-refractivity contribution in [3.8, 4) is 0 Å². The van der Waals surface area contributed by atoms with Gasteiger partial charge in [0, 0.05) is 24.6 Å². The van der Waals surface area contributed by atoms with Gasteiger partial charge in [0.1, 0.15) is 5.45 Å². The van der Waals surface area contributed by atoms with Crippen LogP contribution in [0.1, 0.15) is 105 Å². The van der Waals surface area contributed by atoms with Gasteiger partial charge in [0.2, 0.25) is 0 Å². The minimum Gasteiger partial charge on any atom is -0.378 e. The third kappa shape index (κ3) is 4.45. The summed E-state index contributed by atoms with van der Waals surface area (Å²) < 4.78 is 0. The molecular weight excluding hydrogens is 452 g/mol. The summed E-state index contributed by atoms with van der Waals surface area (Å²) in [6.07, 6.45) is 2.70.